The molecule has 0 aliphatic carbocycles. The van der Waals surface area contributed by atoms with Crippen molar-refractivity contribution < 1.29 is 14.7 Å². The topological polar surface area (TPSA) is 42.0 Å². The van der Waals surface area contributed by atoms with Gasteiger partial charge in [-0.25, -0.2) is 0 Å². The molecule has 3 rings (SSSR count). The number of hydrogen-bond donors (Lipinski definition) is 0. The number of allylic oxidation sites excluding steroid dienone is 2. The van der Waals surface area contributed by atoms with Crippen molar-refractivity contribution in [3.8, 4) is 0 Å². The molecule has 1 aromatic carbocycles. The Hall–Kier alpha value is -2.09. The van der Waals surface area contributed by atoms with Crippen LogP contribution in [0.5, 0.6) is 0 Å². The number of nitrogens with zero attached hydrogens (tertiary/aromatic N) is 2. The number of hydroxylamine groups is 2. The first-order valence-corrected chi connectivity index (χ1v) is 9.65. The highest BCUT2D eigenvalue weighted by atomic mass is 32.2. The third kappa shape index (κ3) is 4.55. The Bertz CT molecular complexity index is 738. The molecule has 2 heterocycles. The van der Waals surface area contributed by atoms with Crippen molar-refractivity contribution in [1.29, 1.82) is 0 Å². The summed E-state index contributed by atoms with van der Waals surface area (Å²) in [5.41, 5.74) is 2.34. The summed E-state index contributed by atoms with van der Waals surface area (Å²) in [5, 5.41) is 0.925. The van der Waals surface area contributed by atoms with Crippen LogP contribution >= 0.6 is 24.0 Å². The molecule has 0 spiro atoms. The molecule has 2 aliphatic heterocycles. The van der Waals surface area contributed by atoms with Crippen LogP contribution in [0.1, 0.15) is 24.8 Å². The van der Waals surface area contributed by atoms with E-state index in [-0.39, 0.29) is 10.2 Å². The van der Waals surface area contributed by atoms with Gasteiger partial charge in [-0.1, -0.05) is 47.6 Å². The van der Waals surface area contributed by atoms with Crippen molar-refractivity contribution in [2.45, 2.75) is 19.3 Å². The Morgan fingerprint density at radius 1 is 1.15 bits per heavy atom. The zero-order chi connectivity index (χ0) is 18.4. The Kier molecular flexibility index (Phi) is 6.49. The largest absolute Gasteiger partial charge is 0.372 e. The molecule has 7 heteroatoms. The van der Waals surface area contributed by atoms with Crippen LogP contribution in [0.3, 0.4) is 0 Å². The quantitative estimate of drug-likeness (QED) is 0.236. The number of amides is 1. The number of carbonyl (C=O) groups excluding carboxylic acids is 1. The standard InChI is InChI=1S/C19H20N2O3S2/c1-2-23-24-21-18(22)17(26-19(21)25)8-6-7-15-9-11-16(12-10-15)20-13-4-3-5-14-20/h2,6-12H,1,3-5,13-14H2/b7-6+,17-8+. The first kappa shape index (κ1) is 18.7. The zero-order valence-electron chi connectivity index (χ0n) is 14.3. The van der Waals surface area contributed by atoms with Crippen LogP contribution in [0.2, 0.25) is 0 Å². The minimum absolute atomic E-state index is 0.280. The van der Waals surface area contributed by atoms with E-state index in [1.54, 1.807) is 6.08 Å². The fraction of sp³-hybridized carbons (Fsp3) is 0.263. The Morgan fingerprint density at radius 3 is 2.58 bits per heavy atom. The average molecular weight is 389 g/mol. The van der Waals surface area contributed by atoms with Gasteiger partial charge in [0.1, 0.15) is 6.26 Å². The van der Waals surface area contributed by atoms with Crippen molar-refractivity contribution >= 4 is 46.0 Å². The molecule has 1 amide bonds. The smallest absolute Gasteiger partial charge is 0.293 e. The normalized spacial score (nSPS) is 19.6. The second-order valence-corrected chi connectivity index (χ2v) is 7.51. The maximum atomic E-state index is 12.2. The van der Waals surface area contributed by atoms with Crippen molar-refractivity contribution in [3.05, 3.63) is 59.7 Å². The minimum atomic E-state index is -0.355. The van der Waals surface area contributed by atoms with Crippen LogP contribution in [0.15, 0.2) is 54.2 Å². The highest BCUT2D eigenvalue weighted by Crippen LogP contribution is 2.31. The average Bonchev–Trinajstić information content (AvgIpc) is 2.94. The summed E-state index contributed by atoms with van der Waals surface area (Å²) in [5.74, 6) is -0.355. The van der Waals surface area contributed by atoms with E-state index in [9.17, 15) is 4.79 Å². The summed E-state index contributed by atoms with van der Waals surface area (Å²) < 4.78 is 0.280. The first-order chi connectivity index (χ1) is 12.7. The fourth-order valence-corrected chi connectivity index (χ4v) is 3.88. The van der Waals surface area contributed by atoms with E-state index in [2.05, 4.69) is 40.6 Å². The van der Waals surface area contributed by atoms with Gasteiger partial charge in [0.2, 0.25) is 0 Å². The third-order valence-electron chi connectivity index (χ3n) is 4.09. The molecular weight excluding hydrogens is 368 g/mol. The van der Waals surface area contributed by atoms with E-state index in [1.807, 2.05) is 12.2 Å². The van der Waals surface area contributed by atoms with E-state index in [4.69, 9.17) is 17.2 Å². The van der Waals surface area contributed by atoms with Gasteiger partial charge in [0.25, 0.3) is 5.91 Å². The third-order valence-corrected chi connectivity index (χ3v) is 5.38. The van der Waals surface area contributed by atoms with E-state index in [0.29, 0.717) is 4.91 Å². The van der Waals surface area contributed by atoms with Gasteiger partial charge >= 0.3 is 0 Å². The van der Waals surface area contributed by atoms with Crippen molar-refractivity contribution in [2.75, 3.05) is 18.0 Å². The van der Waals surface area contributed by atoms with Gasteiger partial charge in [0, 0.05) is 18.8 Å². The lowest BCUT2D eigenvalue weighted by atomic mass is 10.1. The number of anilines is 1. The van der Waals surface area contributed by atoms with Crippen LogP contribution < -0.4 is 4.90 Å². The Labute approximate surface area is 162 Å². The molecule has 2 fully saturated rings. The molecule has 136 valence electrons. The van der Waals surface area contributed by atoms with E-state index in [0.717, 1.165) is 41.7 Å². The molecule has 0 aromatic heterocycles. The van der Waals surface area contributed by atoms with Crippen molar-refractivity contribution in [3.63, 3.8) is 0 Å². The number of carbonyl (C=O) groups is 1. The fourth-order valence-electron chi connectivity index (χ4n) is 2.80. The highest BCUT2D eigenvalue weighted by molar-refractivity contribution is 8.26. The second kappa shape index (κ2) is 9.02. The van der Waals surface area contributed by atoms with E-state index >= 15 is 0 Å². The molecule has 26 heavy (non-hydrogen) atoms. The molecule has 0 unspecified atom stereocenters. The first-order valence-electron chi connectivity index (χ1n) is 8.43. The number of thiocarbonyl (C=S) groups is 1. The summed E-state index contributed by atoms with van der Waals surface area (Å²) in [4.78, 5) is 24.4. The predicted octanol–water partition coefficient (Wildman–Crippen LogP) is 4.44. The van der Waals surface area contributed by atoms with Gasteiger partial charge < -0.3 is 9.79 Å². The van der Waals surface area contributed by atoms with Gasteiger partial charge in [-0.3, -0.25) is 4.79 Å². The maximum absolute atomic E-state index is 12.2. The maximum Gasteiger partial charge on any atom is 0.293 e. The van der Waals surface area contributed by atoms with Crippen LogP contribution in [0.4, 0.5) is 5.69 Å². The van der Waals surface area contributed by atoms with Gasteiger partial charge in [-0.15, -0.1) is 5.06 Å². The molecule has 2 aliphatic rings. The minimum Gasteiger partial charge on any atom is -0.372 e. The molecule has 0 N–H and O–H groups in total. The summed E-state index contributed by atoms with van der Waals surface area (Å²) >= 11 is 6.25. The monoisotopic (exact) mass is 388 g/mol. The van der Waals surface area contributed by atoms with Crippen molar-refractivity contribution in [2.24, 2.45) is 0 Å². The van der Waals surface area contributed by atoms with Crippen LogP contribution in [-0.4, -0.2) is 28.4 Å². The van der Waals surface area contributed by atoms with Crippen LogP contribution in [0.25, 0.3) is 6.08 Å². The van der Waals surface area contributed by atoms with Crippen LogP contribution in [0, 0.1) is 0 Å². The zero-order valence-corrected chi connectivity index (χ0v) is 15.9. The molecule has 0 radical (unpaired) electrons. The molecule has 5 nitrogen and oxygen atoms in total. The molecular formula is C19H20N2O3S2. The summed E-state index contributed by atoms with van der Waals surface area (Å²) in [6.45, 7) is 5.61. The lowest BCUT2D eigenvalue weighted by Crippen LogP contribution is -2.29. The lowest BCUT2D eigenvalue weighted by molar-refractivity contribution is -0.350. The number of piperidine rings is 1. The van der Waals surface area contributed by atoms with E-state index < -0.39 is 0 Å². The van der Waals surface area contributed by atoms with E-state index in [1.165, 1.54) is 24.9 Å². The second-order valence-electron chi connectivity index (χ2n) is 5.83. The summed E-state index contributed by atoms with van der Waals surface area (Å²) in [6.07, 6.45) is 10.4. The van der Waals surface area contributed by atoms with Gasteiger partial charge in [0.05, 0.1) is 4.91 Å². The number of thioether (sulfide) groups is 1. The SMILES string of the molecule is C=COON1C(=O)/C(=C\C=C\c2ccc(N3CCCCC3)cc2)SC1=S. The number of rotatable bonds is 6. The molecule has 1 aromatic rings. The summed E-state index contributed by atoms with van der Waals surface area (Å²) in [6, 6.07) is 8.46. The molecule has 0 saturated carbocycles. The molecule has 0 atom stereocenters. The van der Waals surface area contributed by atoms with Gasteiger partial charge in [-0.2, -0.15) is 0 Å². The Balaban J connectivity index is 1.61. The number of benzene rings is 1. The van der Waals surface area contributed by atoms with Crippen LogP contribution in [-0.2, 0) is 14.7 Å². The van der Waals surface area contributed by atoms with Gasteiger partial charge in [0.15, 0.2) is 4.32 Å². The van der Waals surface area contributed by atoms with Crippen molar-refractivity contribution in [1.82, 2.24) is 5.06 Å². The lowest BCUT2D eigenvalue weighted by Gasteiger charge is -2.28. The molecule has 0 bridgehead atoms. The summed E-state index contributed by atoms with van der Waals surface area (Å²) in [7, 11) is 0. The Morgan fingerprint density at radius 2 is 1.88 bits per heavy atom. The molecule has 2 saturated heterocycles. The van der Waals surface area contributed by atoms with Gasteiger partial charge in [-0.05, 0) is 55.3 Å². The predicted molar refractivity (Wildman–Crippen MR) is 109 cm³/mol. The highest BCUT2D eigenvalue weighted by Gasteiger charge is 2.34. The number of hydrogen-bond acceptors (Lipinski definition) is 6.